The monoisotopic (exact) mass is 923 g/mol. The van der Waals surface area contributed by atoms with Gasteiger partial charge in [-0.05, 0) is 35.6 Å². The maximum Gasteiger partial charge on any atom is 0 e. The first-order valence-corrected chi connectivity index (χ1v) is 25.4. The second-order valence-electron chi connectivity index (χ2n) is 15.1. The number of benzene rings is 4. The first-order valence-electron chi connectivity index (χ1n) is 18.1. The SMILES string of the molecule is [CH2-]c1ccc2c(oc3cc(-c4ccccc4)ccc32)c1-c1cc(CC2CCCC2)cc[n+]1[CH2-].[CH2-]c1ccccc1-c1cc[c]([Ge]([CH3])([CH3])[CH3])c[n+]1[CH2-].[Ir]. The Morgan fingerprint density at radius 2 is 1.40 bits per heavy atom. The molecule has 1 saturated carbocycles. The number of rotatable bonds is 6. The van der Waals surface area contributed by atoms with Crippen LogP contribution >= 0.6 is 0 Å². The fourth-order valence-corrected chi connectivity index (χ4v) is 9.80. The Balaban J connectivity index is 0.000000208. The van der Waals surface area contributed by atoms with Crippen LogP contribution < -0.4 is 13.5 Å². The zero-order chi connectivity index (χ0) is 35.7. The first kappa shape index (κ1) is 37.4. The van der Waals surface area contributed by atoms with E-state index in [9.17, 15) is 0 Å². The Labute approximate surface area is 326 Å². The molecule has 267 valence electrons. The van der Waals surface area contributed by atoms with Crippen LogP contribution in [0.2, 0.25) is 17.3 Å². The summed E-state index contributed by atoms with van der Waals surface area (Å²) in [4.78, 5) is 0. The zero-order valence-electron chi connectivity index (χ0n) is 30.6. The second-order valence-corrected chi connectivity index (χ2v) is 25.7. The molecule has 0 amide bonds. The van der Waals surface area contributed by atoms with Gasteiger partial charge in [-0.1, -0.05) is 85.3 Å². The predicted molar refractivity (Wildman–Crippen MR) is 216 cm³/mol. The van der Waals surface area contributed by atoms with E-state index in [2.05, 4.69) is 143 Å². The van der Waals surface area contributed by atoms with E-state index < -0.39 is 13.3 Å². The number of hydrogen-bond acceptors (Lipinski definition) is 1. The van der Waals surface area contributed by atoms with Crippen molar-refractivity contribution in [2.24, 2.45) is 5.92 Å². The molecule has 3 heterocycles. The summed E-state index contributed by atoms with van der Waals surface area (Å²) in [5.74, 6) is 7.98. The molecule has 0 N–H and O–H groups in total. The third-order valence-corrected chi connectivity index (χ3v) is 14.6. The molecule has 0 spiro atoms. The minimum Gasteiger partial charge on any atom is 0 e. The van der Waals surface area contributed by atoms with Crippen LogP contribution in [0, 0.1) is 33.9 Å². The first-order chi connectivity index (χ1) is 24.6. The molecule has 0 unspecified atom stereocenters. The Bertz CT molecular complexity index is 2330. The van der Waals surface area contributed by atoms with Crippen molar-refractivity contribution < 1.29 is 33.7 Å². The molecule has 3 aromatic heterocycles. The molecule has 4 aromatic carbocycles. The predicted octanol–water partition coefficient (Wildman–Crippen LogP) is 10.8. The van der Waals surface area contributed by atoms with E-state index in [1.165, 1.54) is 41.2 Å². The van der Waals surface area contributed by atoms with Crippen molar-refractivity contribution in [3.05, 3.63) is 166 Å². The molecule has 3 nitrogen and oxygen atoms in total. The minimum atomic E-state index is -1.78. The van der Waals surface area contributed by atoms with Crippen LogP contribution in [0.15, 0.2) is 126 Å². The smallest absolute Gasteiger partial charge is 0 e. The summed E-state index contributed by atoms with van der Waals surface area (Å²) in [6.07, 6.45) is 10.8. The van der Waals surface area contributed by atoms with Crippen molar-refractivity contribution in [3.63, 3.8) is 0 Å². The quantitative estimate of drug-likeness (QED) is 0.0925. The molecule has 1 aliphatic carbocycles. The average molecular weight is 922 g/mol. The van der Waals surface area contributed by atoms with Gasteiger partial charge in [0.15, 0.2) is 0 Å². The largest absolute Gasteiger partial charge is 0 e. The number of nitrogens with zero attached hydrogens (tertiary/aromatic N) is 2. The number of fused-ring (bicyclic) bond motifs is 3. The van der Waals surface area contributed by atoms with Gasteiger partial charge >= 0.3 is 113 Å². The van der Waals surface area contributed by atoms with E-state index in [0.717, 1.165) is 73.5 Å². The van der Waals surface area contributed by atoms with Gasteiger partial charge in [-0.25, -0.2) is 0 Å². The molecule has 0 atom stereocenters. The minimum absolute atomic E-state index is 0. The Morgan fingerprint density at radius 3 is 2.12 bits per heavy atom. The van der Waals surface area contributed by atoms with E-state index in [1.807, 2.05) is 33.4 Å². The number of furan rings is 1. The van der Waals surface area contributed by atoms with Crippen LogP contribution in [0.1, 0.15) is 42.4 Å². The Hall–Kier alpha value is -4.35. The maximum atomic E-state index is 6.53. The fourth-order valence-electron chi connectivity index (χ4n) is 7.44. The van der Waals surface area contributed by atoms with Crippen LogP contribution in [0.5, 0.6) is 0 Å². The molecular weight excluding hydrogens is 873 g/mol. The van der Waals surface area contributed by atoms with Crippen molar-refractivity contribution in [1.82, 2.24) is 0 Å². The third kappa shape index (κ3) is 7.85. The van der Waals surface area contributed by atoms with Gasteiger partial charge in [0, 0.05) is 37.9 Å². The van der Waals surface area contributed by atoms with Gasteiger partial charge in [-0.15, -0.1) is 6.07 Å². The molecule has 0 aliphatic heterocycles. The van der Waals surface area contributed by atoms with E-state index in [4.69, 9.17) is 4.42 Å². The van der Waals surface area contributed by atoms with Gasteiger partial charge in [0.2, 0.25) is 0 Å². The molecule has 7 aromatic rings. The van der Waals surface area contributed by atoms with Crippen LogP contribution in [0.25, 0.3) is 55.6 Å². The summed E-state index contributed by atoms with van der Waals surface area (Å²) < 4.78 is 11.9. The van der Waals surface area contributed by atoms with Gasteiger partial charge in [0.25, 0.3) is 0 Å². The van der Waals surface area contributed by atoms with Crippen molar-refractivity contribution in [1.29, 1.82) is 0 Å². The molecular formula is C47H48GeIrN2O-2. The zero-order valence-corrected chi connectivity index (χ0v) is 35.1. The van der Waals surface area contributed by atoms with Crippen molar-refractivity contribution >= 4 is 39.6 Å². The van der Waals surface area contributed by atoms with E-state index in [0.29, 0.717) is 0 Å². The Morgan fingerprint density at radius 1 is 0.692 bits per heavy atom. The van der Waals surface area contributed by atoms with Crippen molar-refractivity contribution in [2.75, 3.05) is 0 Å². The second kappa shape index (κ2) is 15.7. The van der Waals surface area contributed by atoms with Crippen LogP contribution in [0.3, 0.4) is 0 Å². The van der Waals surface area contributed by atoms with Crippen molar-refractivity contribution in [2.45, 2.75) is 49.4 Å². The molecule has 0 bridgehead atoms. The summed E-state index contributed by atoms with van der Waals surface area (Å²) in [5.41, 5.74) is 11.9. The molecule has 52 heavy (non-hydrogen) atoms. The maximum absolute atomic E-state index is 6.53. The van der Waals surface area contributed by atoms with Crippen LogP contribution in [-0.4, -0.2) is 13.3 Å². The molecule has 1 fully saturated rings. The number of pyridine rings is 2. The summed E-state index contributed by atoms with van der Waals surface area (Å²) >= 11 is -1.78. The summed E-state index contributed by atoms with van der Waals surface area (Å²) in [6.45, 7) is 8.44. The van der Waals surface area contributed by atoms with Gasteiger partial charge in [-0.2, -0.15) is 18.6 Å². The normalized spacial score (nSPS) is 13.1. The van der Waals surface area contributed by atoms with E-state index >= 15 is 0 Å². The summed E-state index contributed by atoms with van der Waals surface area (Å²) in [6, 6.07) is 38.3. The molecule has 1 aliphatic rings. The summed E-state index contributed by atoms with van der Waals surface area (Å²) in [5, 5.41) is 2.25. The standard InChI is InChI=1S/C31H28NO.C16H20GeN.Ir/c1-21-12-14-27-26-15-13-25(24-10-4-3-5-11-24)20-29(26)33-31(27)30(21)28-19-23(16-17-32(28)2)18-22-8-6-7-9-22;1-13-8-6-7-9-15(13)16-11-10-14(12-18(16)5)17(2,3)4;/h3-5,10-17,19-20,22H,1-2,6-9,18H2;6-12H,1,5H2,2-4H3;/q2*-1;. The Kier molecular flexibility index (Phi) is 11.3. The molecule has 8 rings (SSSR count). The van der Waals surface area contributed by atoms with E-state index in [1.54, 1.807) is 0 Å². The molecule has 0 saturated heterocycles. The van der Waals surface area contributed by atoms with Gasteiger partial charge < -0.3 is 8.98 Å². The molecule has 5 heteroatoms. The molecule has 1 radical (unpaired) electrons. The van der Waals surface area contributed by atoms with Gasteiger partial charge in [0.1, 0.15) is 5.58 Å². The number of aromatic nitrogens is 2. The number of hydrogen-bond donors (Lipinski definition) is 0. The average Bonchev–Trinajstić information content (AvgIpc) is 3.77. The van der Waals surface area contributed by atoms with Crippen molar-refractivity contribution in [3.8, 4) is 33.6 Å². The van der Waals surface area contributed by atoms with Gasteiger partial charge in [-0.3, -0.25) is 0 Å². The third-order valence-electron chi connectivity index (χ3n) is 10.4. The van der Waals surface area contributed by atoms with Crippen LogP contribution in [0.4, 0.5) is 0 Å². The topological polar surface area (TPSA) is 20.9 Å². The van der Waals surface area contributed by atoms with Crippen LogP contribution in [-0.2, 0) is 26.5 Å². The fraction of sp³-hybridized carbons (Fsp3) is 0.191. The summed E-state index contributed by atoms with van der Waals surface area (Å²) in [7, 11) is 8.40. The van der Waals surface area contributed by atoms with E-state index in [-0.39, 0.29) is 20.1 Å². The van der Waals surface area contributed by atoms with Gasteiger partial charge in [0.05, 0.1) is 17.5 Å².